The van der Waals surface area contributed by atoms with E-state index in [9.17, 15) is 4.79 Å². The molecule has 3 heterocycles. The van der Waals surface area contributed by atoms with E-state index in [1.54, 1.807) is 47.9 Å². The van der Waals surface area contributed by atoms with Crippen molar-refractivity contribution in [1.29, 1.82) is 0 Å². The molecule has 0 bridgehead atoms. The third-order valence-electron chi connectivity index (χ3n) is 3.47. The molecule has 0 radical (unpaired) electrons. The molecule has 5 nitrogen and oxygen atoms in total. The molecular formula is C17H12N2O3S. The van der Waals surface area contributed by atoms with Gasteiger partial charge in [0.2, 0.25) is 6.79 Å². The van der Waals surface area contributed by atoms with Gasteiger partial charge in [-0.25, -0.2) is 4.98 Å². The van der Waals surface area contributed by atoms with Crippen LogP contribution in [0.4, 0.5) is 0 Å². The molecule has 0 fully saturated rings. The first-order valence-corrected chi connectivity index (χ1v) is 7.88. The van der Waals surface area contributed by atoms with Gasteiger partial charge in [-0.05, 0) is 42.5 Å². The zero-order valence-corrected chi connectivity index (χ0v) is 12.8. The highest BCUT2D eigenvalue weighted by atomic mass is 32.1. The average molecular weight is 324 g/mol. The average Bonchev–Trinajstić information content (AvgIpc) is 3.31. The van der Waals surface area contributed by atoms with Crippen LogP contribution in [0.3, 0.4) is 0 Å². The zero-order valence-electron chi connectivity index (χ0n) is 12.0. The number of thiazole rings is 1. The monoisotopic (exact) mass is 324 g/mol. The van der Waals surface area contributed by atoms with Crippen molar-refractivity contribution < 1.29 is 14.3 Å². The smallest absolute Gasteiger partial charge is 0.231 e. The molecule has 0 atom stereocenters. The maximum atomic E-state index is 12.3. The molecule has 1 aromatic carbocycles. The van der Waals surface area contributed by atoms with Crippen molar-refractivity contribution in [3.8, 4) is 16.6 Å². The minimum absolute atomic E-state index is 0.0878. The van der Waals surface area contributed by atoms with Crippen LogP contribution in [-0.4, -0.2) is 22.1 Å². The van der Waals surface area contributed by atoms with E-state index in [1.165, 1.54) is 0 Å². The third kappa shape index (κ3) is 2.64. The van der Waals surface area contributed by atoms with Gasteiger partial charge in [-0.2, -0.15) is 0 Å². The Hall–Kier alpha value is -2.86. The van der Waals surface area contributed by atoms with E-state index in [1.807, 2.05) is 28.3 Å². The number of benzene rings is 1. The van der Waals surface area contributed by atoms with Crippen molar-refractivity contribution in [1.82, 2.24) is 9.55 Å². The molecule has 114 valence electrons. The molecule has 0 saturated carbocycles. The van der Waals surface area contributed by atoms with E-state index in [2.05, 4.69) is 4.98 Å². The van der Waals surface area contributed by atoms with Crippen LogP contribution >= 0.6 is 11.3 Å². The first-order valence-electron chi connectivity index (χ1n) is 7.00. The fourth-order valence-electron chi connectivity index (χ4n) is 2.35. The van der Waals surface area contributed by atoms with Crippen LogP contribution in [0.1, 0.15) is 16.1 Å². The number of allylic oxidation sites excluding steroid dienone is 1. The normalized spacial score (nSPS) is 12.9. The molecular weight excluding hydrogens is 312 g/mol. The van der Waals surface area contributed by atoms with Crippen LogP contribution < -0.4 is 9.47 Å². The summed E-state index contributed by atoms with van der Waals surface area (Å²) in [5.74, 6) is 1.19. The Bertz CT molecular complexity index is 881. The van der Waals surface area contributed by atoms with Crippen molar-refractivity contribution >= 4 is 23.2 Å². The second-order valence-corrected chi connectivity index (χ2v) is 5.76. The van der Waals surface area contributed by atoms with Crippen LogP contribution in [0.15, 0.2) is 54.2 Å². The van der Waals surface area contributed by atoms with Gasteiger partial charge in [0, 0.05) is 29.0 Å². The zero-order chi connectivity index (χ0) is 15.6. The molecule has 3 aromatic rings. The summed E-state index contributed by atoms with van der Waals surface area (Å²) < 4.78 is 12.5. The third-order valence-corrected chi connectivity index (χ3v) is 4.24. The molecule has 0 amide bonds. The van der Waals surface area contributed by atoms with Gasteiger partial charge in [0.1, 0.15) is 0 Å². The number of carbonyl (C=O) groups excluding carboxylic acids is 1. The van der Waals surface area contributed by atoms with Crippen LogP contribution in [-0.2, 0) is 0 Å². The number of ether oxygens (including phenoxy) is 2. The lowest BCUT2D eigenvalue weighted by Crippen LogP contribution is -1.96. The lowest BCUT2D eigenvalue weighted by molar-refractivity contribution is 0.104. The molecule has 1 aliphatic rings. The second kappa shape index (κ2) is 5.73. The maximum Gasteiger partial charge on any atom is 0.231 e. The predicted molar refractivity (Wildman–Crippen MR) is 87.4 cm³/mol. The standard InChI is InChI=1S/C17H12N2O3S/c20-14(12-3-6-15-16(10-12)22-11-21-15)5-4-13-2-1-8-19(13)17-18-7-9-23-17/h1-10H,11H2. The number of hydrogen-bond donors (Lipinski definition) is 0. The lowest BCUT2D eigenvalue weighted by atomic mass is 10.1. The van der Waals surface area contributed by atoms with Crippen LogP contribution in [0.2, 0.25) is 0 Å². The van der Waals surface area contributed by atoms with E-state index < -0.39 is 0 Å². The molecule has 0 aliphatic carbocycles. The minimum atomic E-state index is -0.0878. The summed E-state index contributed by atoms with van der Waals surface area (Å²) in [6, 6.07) is 9.05. The fourth-order valence-corrected chi connectivity index (χ4v) is 2.99. The highest BCUT2D eigenvalue weighted by molar-refractivity contribution is 7.12. The molecule has 23 heavy (non-hydrogen) atoms. The van der Waals surface area contributed by atoms with Gasteiger partial charge >= 0.3 is 0 Å². The Labute approximate surface area is 136 Å². The molecule has 0 unspecified atom stereocenters. The van der Waals surface area contributed by atoms with Crippen LogP contribution in [0.25, 0.3) is 11.2 Å². The summed E-state index contributed by atoms with van der Waals surface area (Å²) >= 11 is 1.54. The summed E-state index contributed by atoms with van der Waals surface area (Å²) in [5, 5.41) is 2.78. The highest BCUT2D eigenvalue weighted by Gasteiger charge is 2.15. The number of aromatic nitrogens is 2. The second-order valence-electron chi connectivity index (χ2n) is 4.88. The number of carbonyl (C=O) groups is 1. The Morgan fingerprint density at radius 2 is 2.17 bits per heavy atom. The predicted octanol–water partition coefficient (Wildman–Crippen LogP) is 3.56. The molecule has 0 saturated heterocycles. The van der Waals surface area contributed by atoms with Crippen molar-refractivity contribution in [3.63, 3.8) is 0 Å². The molecule has 4 rings (SSSR count). The molecule has 6 heteroatoms. The van der Waals surface area contributed by atoms with Crippen LogP contribution in [0, 0.1) is 0 Å². The number of fused-ring (bicyclic) bond motifs is 1. The lowest BCUT2D eigenvalue weighted by Gasteiger charge is -2.01. The van der Waals surface area contributed by atoms with Gasteiger partial charge in [0.05, 0.1) is 0 Å². The quantitative estimate of drug-likeness (QED) is 0.544. The minimum Gasteiger partial charge on any atom is -0.454 e. The molecule has 1 aliphatic heterocycles. The Balaban J connectivity index is 1.57. The first kappa shape index (κ1) is 13.8. The summed E-state index contributed by atoms with van der Waals surface area (Å²) in [7, 11) is 0. The van der Waals surface area contributed by atoms with Crippen LogP contribution in [0.5, 0.6) is 11.5 Å². The van der Waals surface area contributed by atoms with Gasteiger partial charge in [-0.3, -0.25) is 9.36 Å². The largest absolute Gasteiger partial charge is 0.454 e. The van der Waals surface area contributed by atoms with E-state index in [4.69, 9.17) is 9.47 Å². The van der Waals surface area contributed by atoms with Crippen molar-refractivity contribution in [2.45, 2.75) is 0 Å². The Morgan fingerprint density at radius 3 is 3.04 bits per heavy atom. The van der Waals surface area contributed by atoms with Crippen molar-refractivity contribution in [3.05, 3.63) is 65.4 Å². The number of nitrogens with zero attached hydrogens (tertiary/aromatic N) is 2. The van der Waals surface area contributed by atoms with E-state index in [0.29, 0.717) is 17.1 Å². The summed E-state index contributed by atoms with van der Waals surface area (Å²) in [4.78, 5) is 16.6. The number of ketones is 1. The molecule has 2 aromatic heterocycles. The van der Waals surface area contributed by atoms with E-state index in [-0.39, 0.29) is 12.6 Å². The highest BCUT2D eigenvalue weighted by Crippen LogP contribution is 2.32. The summed E-state index contributed by atoms with van der Waals surface area (Å²) in [5.41, 5.74) is 1.46. The molecule has 0 spiro atoms. The first-order chi connectivity index (χ1) is 11.3. The summed E-state index contributed by atoms with van der Waals surface area (Å²) in [6.07, 6.45) is 7.01. The Kier molecular flexibility index (Phi) is 3.44. The summed E-state index contributed by atoms with van der Waals surface area (Å²) in [6.45, 7) is 0.199. The van der Waals surface area contributed by atoms with Gasteiger partial charge in [-0.1, -0.05) is 0 Å². The number of hydrogen-bond acceptors (Lipinski definition) is 5. The topological polar surface area (TPSA) is 53.4 Å². The van der Waals surface area contributed by atoms with Gasteiger partial charge < -0.3 is 9.47 Å². The van der Waals surface area contributed by atoms with Crippen molar-refractivity contribution in [2.24, 2.45) is 0 Å². The maximum absolute atomic E-state index is 12.3. The SMILES string of the molecule is O=C(C=Cc1cccn1-c1nccs1)c1ccc2c(c1)OCO2. The fraction of sp³-hybridized carbons (Fsp3) is 0.0588. The van der Waals surface area contributed by atoms with Crippen molar-refractivity contribution in [2.75, 3.05) is 6.79 Å². The molecule has 0 N–H and O–H groups in total. The number of rotatable bonds is 4. The van der Waals surface area contributed by atoms with Gasteiger partial charge in [-0.15, -0.1) is 11.3 Å². The van der Waals surface area contributed by atoms with E-state index in [0.717, 1.165) is 10.8 Å². The van der Waals surface area contributed by atoms with Gasteiger partial charge in [0.15, 0.2) is 22.4 Å². The van der Waals surface area contributed by atoms with Gasteiger partial charge in [0.25, 0.3) is 0 Å². The Morgan fingerprint density at radius 1 is 1.26 bits per heavy atom. The van der Waals surface area contributed by atoms with E-state index >= 15 is 0 Å².